The van der Waals surface area contributed by atoms with E-state index < -0.39 is 17.7 Å². The first-order valence-corrected chi connectivity index (χ1v) is 9.66. The van der Waals surface area contributed by atoms with Crippen LogP contribution in [0.5, 0.6) is 0 Å². The summed E-state index contributed by atoms with van der Waals surface area (Å²) in [5.74, 6) is -0.674. The van der Waals surface area contributed by atoms with E-state index in [1.54, 1.807) is 33.8 Å². The zero-order chi connectivity index (χ0) is 21.4. The molecule has 0 fully saturated rings. The highest BCUT2D eigenvalue weighted by Crippen LogP contribution is 2.21. The lowest BCUT2D eigenvalue weighted by molar-refractivity contribution is -0.143. The first-order chi connectivity index (χ1) is 13.7. The molecule has 0 saturated heterocycles. The number of amides is 1. The zero-order valence-corrected chi connectivity index (χ0v) is 17.3. The van der Waals surface area contributed by atoms with Crippen LogP contribution in [0.4, 0.5) is 9.18 Å². The molecule has 1 N–H and O–H groups in total. The number of carbonyl (C=O) groups is 2. The van der Waals surface area contributed by atoms with Gasteiger partial charge in [0.25, 0.3) is 0 Å². The molecule has 0 aliphatic carbocycles. The quantitative estimate of drug-likeness (QED) is 0.672. The first kappa shape index (κ1) is 22.4. The van der Waals surface area contributed by atoms with Gasteiger partial charge in [-0.1, -0.05) is 36.4 Å². The van der Waals surface area contributed by atoms with E-state index >= 15 is 0 Å². The fourth-order valence-corrected chi connectivity index (χ4v) is 2.86. The van der Waals surface area contributed by atoms with Gasteiger partial charge in [0.05, 0.1) is 13.0 Å². The second kappa shape index (κ2) is 10.0. The highest BCUT2D eigenvalue weighted by molar-refractivity contribution is 5.73. The molecule has 1 atom stereocenters. The number of alkyl carbamates (subject to hydrolysis) is 1. The van der Waals surface area contributed by atoms with Gasteiger partial charge in [-0.3, -0.25) is 4.79 Å². The van der Waals surface area contributed by atoms with Crippen LogP contribution in [0, 0.1) is 5.82 Å². The summed E-state index contributed by atoms with van der Waals surface area (Å²) >= 11 is 0. The van der Waals surface area contributed by atoms with Crippen molar-refractivity contribution in [2.24, 2.45) is 0 Å². The van der Waals surface area contributed by atoms with Gasteiger partial charge in [-0.15, -0.1) is 0 Å². The molecule has 0 heterocycles. The van der Waals surface area contributed by atoms with Crippen molar-refractivity contribution in [1.82, 2.24) is 5.32 Å². The van der Waals surface area contributed by atoms with Crippen molar-refractivity contribution in [2.75, 3.05) is 6.61 Å². The molecule has 0 saturated carbocycles. The molecular weight excluding hydrogens is 373 g/mol. The number of hydrogen-bond donors (Lipinski definition) is 1. The van der Waals surface area contributed by atoms with Crippen LogP contribution in [-0.2, 0) is 20.7 Å². The number of carbonyl (C=O) groups excluding carboxylic acids is 2. The van der Waals surface area contributed by atoms with Crippen molar-refractivity contribution in [3.8, 4) is 11.1 Å². The number of ether oxygens (including phenoxy) is 2. The van der Waals surface area contributed by atoms with Gasteiger partial charge in [0.2, 0.25) is 0 Å². The van der Waals surface area contributed by atoms with Crippen LogP contribution in [0.25, 0.3) is 11.1 Å². The van der Waals surface area contributed by atoms with E-state index in [1.165, 1.54) is 12.1 Å². The lowest BCUT2D eigenvalue weighted by Crippen LogP contribution is -2.41. The maximum atomic E-state index is 13.4. The molecule has 156 valence electrons. The summed E-state index contributed by atoms with van der Waals surface area (Å²) in [4.78, 5) is 24.1. The molecule has 0 bridgehead atoms. The van der Waals surface area contributed by atoms with E-state index in [9.17, 15) is 14.0 Å². The van der Waals surface area contributed by atoms with Crippen LogP contribution in [-0.4, -0.2) is 30.3 Å². The van der Waals surface area contributed by atoms with Gasteiger partial charge in [-0.05, 0) is 62.9 Å². The van der Waals surface area contributed by atoms with Crippen LogP contribution >= 0.6 is 0 Å². The predicted molar refractivity (Wildman–Crippen MR) is 110 cm³/mol. The van der Waals surface area contributed by atoms with Gasteiger partial charge in [0, 0.05) is 6.04 Å². The summed E-state index contributed by atoms with van der Waals surface area (Å²) in [6.45, 7) is 7.34. The Balaban J connectivity index is 2.10. The van der Waals surface area contributed by atoms with Crippen LogP contribution in [0.3, 0.4) is 0 Å². The molecular formula is C23H28FNO4. The second-order valence-corrected chi connectivity index (χ2v) is 7.76. The average Bonchev–Trinajstić information content (AvgIpc) is 2.60. The fourth-order valence-electron chi connectivity index (χ4n) is 2.86. The van der Waals surface area contributed by atoms with Gasteiger partial charge in [0.1, 0.15) is 11.4 Å². The maximum absolute atomic E-state index is 13.4. The molecule has 2 rings (SSSR count). The Morgan fingerprint density at radius 1 is 1.07 bits per heavy atom. The summed E-state index contributed by atoms with van der Waals surface area (Å²) in [6, 6.07) is 13.5. The van der Waals surface area contributed by atoms with E-state index in [0.29, 0.717) is 6.42 Å². The zero-order valence-electron chi connectivity index (χ0n) is 17.3. The monoisotopic (exact) mass is 401 g/mol. The summed E-state index contributed by atoms with van der Waals surface area (Å²) in [5, 5.41) is 2.75. The molecule has 2 aromatic rings. The Labute approximate surface area is 171 Å². The maximum Gasteiger partial charge on any atom is 0.407 e. The van der Waals surface area contributed by atoms with Crippen molar-refractivity contribution in [1.29, 1.82) is 0 Å². The molecule has 2 aromatic carbocycles. The van der Waals surface area contributed by atoms with Gasteiger partial charge >= 0.3 is 12.1 Å². The van der Waals surface area contributed by atoms with Crippen LogP contribution in [0.2, 0.25) is 0 Å². The lowest BCUT2D eigenvalue weighted by atomic mass is 9.99. The number of hydrogen-bond acceptors (Lipinski definition) is 4. The van der Waals surface area contributed by atoms with E-state index in [-0.39, 0.29) is 24.8 Å². The molecule has 0 aliphatic rings. The van der Waals surface area contributed by atoms with Crippen molar-refractivity contribution < 1.29 is 23.5 Å². The Bertz CT molecular complexity index is 828. The summed E-state index contributed by atoms with van der Waals surface area (Å²) in [6.07, 6.45) is -0.108. The molecule has 6 heteroatoms. The van der Waals surface area contributed by atoms with Crippen LogP contribution in [0.15, 0.2) is 48.5 Å². The van der Waals surface area contributed by atoms with Crippen molar-refractivity contribution in [2.45, 2.75) is 52.2 Å². The molecule has 0 aromatic heterocycles. The molecule has 0 unspecified atom stereocenters. The van der Waals surface area contributed by atoms with Gasteiger partial charge < -0.3 is 14.8 Å². The smallest absolute Gasteiger partial charge is 0.407 e. The minimum atomic E-state index is -0.634. The SMILES string of the molecule is CCOC(=O)C[C@@H](Cc1ccc(-c2cccc(F)c2)cc1)NC(=O)OC(C)(C)C. The topological polar surface area (TPSA) is 64.6 Å². The molecule has 0 spiro atoms. The van der Waals surface area contributed by atoms with Crippen LogP contribution < -0.4 is 5.32 Å². The van der Waals surface area contributed by atoms with E-state index in [2.05, 4.69) is 5.32 Å². The normalized spacial score (nSPS) is 12.2. The largest absolute Gasteiger partial charge is 0.466 e. The van der Waals surface area contributed by atoms with Crippen molar-refractivity contribution >= 4 is 12.1 Å². The number of halogens is 1. The van der Waals surface area contributed by atoms with E-state index in [1.807, 2.05) is 30.3 Å². The van der Waals surface area contributed by atoms with E-state index in [0.717, 1.165) is 16.7 Å². The van der Waals surface area contributed by atoms with Gasteiger partial charge in [0.15, 0.2) is 0 Å². The Morgan fingerprint density at radius 2 is 1.76 bits per heavy atom. The van der Waals surface area contributed by atoms with E-state index in [4.69, 9.17) is 9.47 Å². The Hall–Kier alpha value is -2.89. The number of nitrogens with one attached hydrogen (secondary N) is 1. The molecule has 0 aliphatic heterocycles. The minimum Gasteiger partial charge on any atom is -0.466 e. The van der Waals surface area contributed by atoms with Gasteiger partial charge in [-0.2, -0.15) is 0 Å². The lowest BCUT2D eigenvalue weighted by Gasteiger charge is -2.23. The summed E-state index contributed by atoms with van der Waals surface area (Å²) in [5.41, 5.74) is 1.96. The third-order valence-electron chi connectivity index (χ3n) is 4.03. The third-order valence-corrected chi connectivity index (χ3v) is 4.03. The van der Waals surface area contributed by atoms with Crippen molar-refractivity contribution in [3.05, 3.63) is 59.9 Å². The standard InChI is InChI=1S/C23H28FNO4/c1-5-28-21(26)15-20(25-22(27)29-23(2,3)4)13-16-9-11-17(12-10-16)18-7-6-8-19(24)14-18/h6-12,14,20H,5,13,15H2,1-4H3,(H,25,27)/t20-/m1/s1. The molecule has 5 nitrogen and oxygen atoms in total. The number of rotatable bonds is 7. The Kier molecular flexibility index (Phi) is 7.76. The molecule has 0 radical (unpaired) electrons. The number of benzene rings is 2. The number of esters is 1. The predicted octanol–water partition coefficient (Wildman–Crippen LogP) is 4.88. The first-order valence-electron chi connectivity index (χ1n) is 9.66. The highest BCUT2D eigenvalue weighted by Gasteiger charge is 2.22. The molecule has 1 amide bonds. The molecule has 29 heavy (non-hydrogen) atoms. The summed E-state index contributed by atoms with van der Waals surface area (Å²) < 4.78 is 23.7. The second-order valence-electron chi connectivity index (χ2n) is 7.76. The van der Waals surface area contributed by atoms with Gasteiger partial charge in [-0.25, -0.2) is 9.18 Å². The minimum absolute atomic E-state index is 0.0404. The fraction of sp³-hybridized carbons (Fsp3) is 0.391. The third kappa shape index (κ3) is 7.94. The van der Waals surface area contributed by atoms with Crippen molar-refractivity contribution in [3.63, 3.8) is 0 Å². The highest BCUT2D eigenvalue weighted by atomic mass is 19.1. The van der Waals surface area contributed by atoms with Crippen LogP contribution in [0.1, 0.15) is 39.7 Å². The Morgan fingerprint density at radius 3 is 2.34 bits per heavy atom. The summed E-state index contributed by atoms with van der Waals surface area (Å²) in [7, 11) is 0. The average molecular weight is 401 g/mol.